The van der Waals surface area contributed by atoms with Crippen LogP contribution in [0.5, 0.6) is 0 Å². The van der Waals surface area contributed by atoms with Crippen molar-refractivity contribution in [2.75, 3.05) is 0 Å². The Kier molecular flexibility index (Phi) is 7.20. The van der Waals surface area contributed by atoms with Gasteiger partial charge in [0.05, 0.1) is 0 Å². The van der Waals surface area contributed by atoms with E-state index in [0.717, 1.165) is 33.6 Å². The molecule has 1 unspecified atom stereocenters. The zero-order chi connectivity index (χ0) is 21.7. The van der Waals surface area contributed by atoms with Crippen LogP contribution in [0.25, 0.3) is 22.3 Å². The fourth-order valence-electron chi connectivity index (χ4n) is 3.95. The maximum absolute atomic E-state index is 13.7. The Hall–Kier alpha value is -2.32. The van der Waals surface area contributed by atoms with E-state index >= 15 is 0 Å². The minimum absolute atomic E-state index is 0.256. The third-order valence-corrected chi connectivity index (χ3v) is 7.25. The average Bonchev–Trinajstić information content (AvgIpc) is 2.74. The van der Waals surface area contributed by atoms with Crippen LogP contribution in [0, 0.1) is 17.3 Å². The molecule has 0 saturated carbocycles. The topological polar surface area (TPSA) is 17.1 Å². The first-order valence-corrected chi connectivity index (χ1v) is 11.6. The third-order valence-electron chi connectivity index (χ3n) is 5.95. The molecule has 1 nitrogen and oxygen atoms in total. The van der Waals surface area contributed by atoms with Crippen LogP contribution < -0.4 is 0 Å². The Morgan fingerprint density at radius 3 is 1.63 bits per heavy atom. The summed E-state index contributed by atoms with van der Waals surface area (Å²) in [5.74, 6) is 0.754. The molecule has 0 aliphatic carbocycles. The second kappa shape index (κ2) is 9.66. The second-order valence-corrected chi connectivity index (χ2v) is 9.96. The van der Waals surface area contributed by atoms with E-state index in [2.05, 4.69) is 101 Å². The summed E-state index contributed by atoms with van der Waals surface area (Å²) in [4.78, 5) is 14.8. The van der Waals surface area contributed by atoms with E-state index in [0.29, 0.717) is 5.92 Å². The number of hydrogen-bond donors (Lipinski definition) is 0. The quantitative estimate of drug-likeness (QED) is 0.360. The van der Waals surface area contributed by atoms with Gasteiger partial charge in [0, 0.05) is 10.3 Å². The van der Waals surface area contributed by atoms with Crippen LogP contribution in [-0.4, -0.2) is 5.12 Å². The summed E-state index contributed by atoms with van der Waals surface area (Å²) < 4.78 is 0. The highest BCUT2D eigenvalue weighted by atomic mass is 32.2. The first-order valence-electron chi connectivity index (χ1n) is 10.8. The van der Waals surface area contributed by atoms with Gasteiger partial charge in [0.2, 0.25) is 0 Å². The average molecular weight is 417 g/mol. The molecule has 3 aromatic carbocycles. The van der Waals surface area contributed by atoms with Gasteiger partial charge in [-0.3, -0.25) is 4.79 Å². The molecular formula is C28H32OS. The Labute approximate surface area is 185 Å². The van der Waals surface area contributed by atoms with Crippen LogP contribution in [-0.2, 0) is 4.79 Å². The molecule has 0 bridgehead atoms. The standard InChI is InChI=1S/C28H32OS/c1-20(2)19-28(5,21(3)4)27(29)30-26-24(22-13-8-6-9-14-22)17-12-18-25(26)23-15-10-7-11-16-23/h6-18,20-21H,19H2,1-5H3. The predicted molar refractivity (Wildman–Crippen MR) is 131 cm³/mol. The van der Waals surface area contributed by atoms with Gasteiger partial charge in [-0.15, -0.1) is 0 Å². The summed E-state index contributed by atoms with van der Waals surface area (Å²) in [7, 11) is 0. The molecular weight excluding hydrogens is 384 g/mol. The molecule has 0 heterocycles. The van der Waals surface area contributed by atoms with E-state index in [1.54, 1.807) is 0 Å². The largest absolute Gasteiger partial charge is 0.286 e. The molecule has 0 radical (unpaired) electrons. The van der Waals surface area contributed by atoms with Gasteiger partial charge in [-0.2, -0.15) is 0 Å². The van der Waals surface area contributed by atoms with Crippen molar-refractivity contribution in [3.05, 3.63) is 78.9 Å². The molecule has 0 fully saturated rings. The van der Waals surface area contributed by atoms with E-state index in [1.807, 2.05) is 12.1 Å². The molecule has 0 aromatic heterocycles. The van der Waals surface area contributed by atoms with Crippen molar-refractivity contribution in [1.82, 2.24) is 0 Å². The Balaban J connectivity index is 2.13. The lowest BCUT2D eigenvalue weighted by Gasteiger charge is -2.34. The van der Waals surface area contributed by atoms with Crippen molar-refractivity contribution in [1.29, 1.82) is 0 Å². The molecule has 1 atom stereocenters. The van der Waals surface area contributed by atoms with E-state index in [4.69, 9.17) is 0 Å². The molecule has 0 N–H and O–H groups in total. The minimum Gasteiger partial charge on any atom is -0.286 e. The van der Waals surface area contributed by atoms with Crippen LogP contribution in [0.15, 0.2) is 83.8 Å². The molecule has 0 aliphatic heterocycles. The van der Waals surface area contributed by atoms with Gasteiger partial charge in [0.15, 0.2) is 5.12 Å². The van der Waals surface area contributed by atoms with Gasteiger partial charge < -0.3 is 0 Å². The molecule has 0 spiro atoms. The lowest BCUT2D eigenvalue weighted by Crippen LogP contribution is -2.33. The molecule has 2 heteroatoms. The normalized spacial score (nSPS) is 13.4. The van der Waals surface area contributed by atoms with Crippen molar-refractivity contribution in [2.24, 2.45) is 17.3 Å². The minimum atomic E-state index is -0.364. The summed E-state index contributed by atoms with van der Waals surface area (Å²) >= 11 is 1.42. The SMILES string of the molecule is CC(C)CC(C)(C(=O)Sc1c(-c2ccccc2)cccc1-c1ccccc1)C(C)C. The lowest BCUT2D eigenvalue weighted by atomic mass is 9.74. The highest BCUT2D eigenvalue weighted by molar-refractivity contribution is 8.14. The summed E-state index contributed by atoms with van der Waals surface area (Å²) in [6, 6.07) is 27.1. The number of carbonyl (C=O) groups is 1. The van der Waals surface area contributed by atoms with E-state index < -0.39 is 0 Å². The van der Waals surface area contributed by atoms with Crippen molar-refractivity contribution >= 4 is 16.9 Å². The van der Waals surface area contributed by atoms with Crippen LogP contribution in [0.4, 0.5) is 0 Å². The van der Waals surface area contributed by atoms with Gasteiger partial charge >= 0.3 is 0 Å². The molecule has 0 saturated heterocycles. The number of thioether (sulfide) groups is 1. The summed E-state index contributed by atoms with van der Waals surface area (Å²) in [5, 5.41) is 0.256. The summed E-state index contributed by atoms with van der Waals surface area (Å²) in [6.07, 6.45) is 0.894. The first kappa shape index (κ1) is 22.4. The van der Waals surface area contributed by atoms with Crippen LogP contribution >= 0.6 is 11.8 Å². The first-order chi connectivity index (χ1) is 14.3. The zero-order valence-electron chi connectivity index (χ0n) is 18.7. The fraction of sp³-hybridized carbons (Fsp3) is 0.321. The van der Waals surface area contributed by atoms with Crippen LogP contribution in [0.2, 0.25) is 0 Å². The predicted octanol–water partition coefficient (Wildman–Crippen LogP) is 8.35. The molecule has 156 valence electrons. The number of benzene rings is 3. The third kappa shape index (κ3) is 4.87. The maximum atomic E-state index is 13.7. The van der Waals surface area contributed by atoms with Gasteiger partial charge in [-0.05, 0) is 40.5 Å². The van der Waals surface area contributed by atoms with Crippen LogP contribution in [0.3, 0.4) is 0 Å². The molecule has 3 aromatic rings. The molecule has 3 rings (SSSR count). The smallest absolute Gasteiger partial charge is 0.199 e. The highest BCUT2D eigenvalue weighted by Crippen LogP contribution is 2.46. The van der Waals surface area contributed by atoms with Crippen molar-refractivity contribution in [3.63, 3.8) is 0 Å². The van der Waals surface area contributed by atoms with E-state index in [9.17, 15) is 4.79 Å². The Bertz CT molecular complexity index is 918. The Morgan fingerprint density at radius 1 is 0.767 bits per heavy atom. The molecule has 0 aliphatic rings. The van der Waals surface area contributed by atoms with Gasteiger partial charge in [-0.25, -0.2) is 0 Å². The number of carbonyl (C=O) groups excluding carboxylic acids is 1. The number of rotatable bonds is 7. The molecule has 0 amide bonds. The zero-order valence-corrected chi connectivity index (χ0v) is 19.5. The van der Waals surface area contributed by atoms with E-state index in [-0.39, 0.29) is 16.4 Å². The lowest BCUT2D eigenvalue weighted by molar-refractivity contribution is -0.122. The van der Waals surface area contributed by atoms with Crippen molar-refractivity contribution in [2.45, 2.75) is 45.9 Å². The van der Waals surface area contributed by atoms with Crippen molar-refractivity contribution in [3.8, 4) is 22.3 Å². The van der Waals surface area contributed by atoms with E-state index in [1.165, 1.54) is 11.8 Å². The van der Waals surface area contributed by atoms with Gasteiger partial charge in [-0.1, -0.05) is 125 Å². The summed E-state index contributed by atoms with van der Waals surface area (Å²) in [5.41, 5.74) is 4.15. The monoisotopic (exact) mass is 416 g/mol. The van der Waals surface area contributed by atoms with Gasteiger partial charge in [0.25, 0.3) is 0 Å². The second-order valence-electron chi connectivity index (χ2n) is 8.97. The highest BCUT2D eigenvalue weighted by Gasteiger charge is 2.38. The maximum Gasteiger partial charge on any atom is 0.199 e. The Morgan fingerprint density at radius 2 is 1.23 bits per heavy atom. The fourth-order valence-corrected chi connectivity index (χ4v) is 5.28. The van der Waals surface area contributed by atoms with Crippen molar-refractivity contribution < 1.29 is 4.79 Å². The summed E-state index contributed by atoms with van der Waals surface area (Å²) in [6.45, 7) is 10.9. The van der Waals surface area contributed by atoms with Gasteiger partial charge in [0.1, 0.15) is 0 Å². The molecule has 30 heavy (non-hydrogen) atoms. The number of hydrogen-bond acceptors (Lipinski definition) is 2. The van der Waals surface area contributed by atoms with Crippen LogP contribution in [0.1, 0.15) is 41.0 Å².